The minimum atomic E-state index is -0.100. The molecule has 0 saturated carbocycles. The van der Waals surface area contributed by atoms with E-state index in [0.29, 0.717) is 0 Å². The van der Waals surface area contributed by atoms with Crippen molar-refractivity contribution in [2.24, 2.45) is 0 Å². The normalized spacial score (nSPS) is 18.2. The predicted octanol–water partition coefficient (Wildman–Crippen LogP) is 2.43. The van der Waals surface area contributed by atoms with Gasteiger partial charge in [0.15, 0.2) is 0 Å². The molecule has 1 N–H and O–H groups in total. The molecule has 100 valence electrons. The molecule has 1 aromatic rings. The fourth-order valence-corrected chi connectivity index (χ4v) is 2.32. The number of benzene rings is 1. The Morgan fingerprint density at radius 1 is 1.33 bits per heavy atom. The maximum absolute atomic E-state index is 9.49. The van der Waals surface area contributed by atoms with E-state index in [4.69, 9.17) is 4.74 Å². The number of hydrogen-bond acceptors (Lipinski definition) is 3. The maximum atomic E-state index is 9.49. The Hall–Kier alpha value is -1.06. The van der Waals surface area contributed by atoms with Gasteiger partial charge in [-0.15, -0.1) is 0 Å². The topological polar surface area (TPSA) is 32.7 Å². The highest BCUT2D eigenvalue weighted by Gasteiger charge is 2.16. The predicted molar refractivity (Wildman–Crippen MR) is 72.7 cm³/mol. The summed E-state index contributed by atoms with van der Waals surface area (Å²) in [7, 11) is 0. The van der Waals surface area contributed by atoms with E-state index in [1.165, 1.54) is 5.56 Å². The number of piperidine rings is 1. The van der Waals surface area contributed by atoms with E-state index in [1.54, 1.807) is 0 Å². The van der Waals surface area contributed by atoms with Gasteiger partial charge in [0.2, 0.25) is 0 Å². The number of ether oxygens (including phenoxy) is 1. The van der Waals surface area contributed by atoms with E-state index in [-0.39, 0.29) is 12.2 Å². The molecular formula is C15H23NO2. The van der Waals surface area contributed by atoms with E-state index in [2.05, 4.69) is 17.0 Å². The average molecular weight is 249 g/mol. The average Bonchev–Trinajstić information content (AvgIpc) is 2.32. The summed E-state index contributed by atoms with van der Waals surface area (Å²) in [6, 6.07) is 8.30. The lowest BCUT2D eigenvalue weighted by Crippen LogP contribution is -2.35. The highest BCUT2D eigenvalue weighted by Crippen LogP contribution is 2.18. The van der Waals surface area contributed by atoms with Crippen LogP contribution in [0, 0.1) is 0 Å². The van der Waals surface area contributed by atoms with E-state index < -0.39 is 0 Å². The standard InChI is InChI=1S/C15H23NO2/c1-12(2)18-15-5-3-4-13(10-15)11-16-8-6-14(17)7-9-16/h3-5,10,12,14,17H,6-9,11H2,1-2H3. The van der Waals surface area contributed by atoms with Crippen molar-refractivity contribution in [3.63, 3.8) is 0 Å². The monoisotopic (exact) mass is 249 g/mol. The third kappa shape index (κ3) is 4.00. The van der Waals surface area contributed by atoms with Crippen LogP contribution in [0.1, 0.15) is 32.3 Å². The summed E-state index contributed by atoms with van der Waals surface area (Å²) in [6.45, 7) is 6.99. The molecule has 0 aliphatic carbocycles. The van der Waals surface area contributed by atoms with Crippen LogP contribution in [-0.4, -0.2) is 35.3 Å². The molecule has 1 aliphatic rings. The van der Waals surface area contributed by atoms with Crippen molar-refractivity contribution in [1.82, 2.24) is 4.90 Å². The van der Waals surface area contributed by atoms with Crippen molar-refractivity contribution in [2.45, 2.75) is 45.4 Å². The minimum Gasteiger partial charge on any atom is -0.491 e. The van der Waals surface area contributed by atoms with Gasteiger partial charge in [0.25, 0.3) is 0 Å². The molecular weight excluding hydrogens is 226 g/mol. The van der Waals surface area contributed by atoms with Gasteiger partial charge in [0.05, 0.1) is 12.2 Å². The van der Waals surface area contributed by atoms with Gasteiger partial charge < -0.3 is 9.84 Å². The summed E-state index contributed by atoms with van der Waals surface area (Å²) >= 11 is 0. The molecule has 3 heteroatoms. The summed E-state index contributed by atoms with van der Waals surface area (Å²) in [5, 5.41) is 9.49. The molecule has 0 unspecified atom stereocenters. The van der Waals surface area contributed by atoms with Crippen LogP contribution < -0.4 is 4.74 Å². The first kappa shape index (κ1) is 13.4. The lowest BCUT2D eigenvalue weighted by atomic mass is 10.1. The summed E-state index contributed by atoms with van der Waals surface area (Å²) in [6.07, 6.45) is 1.90. The number of aliphatic hydroxyl groups excluding tert-OH is 1. The largest absolute Gasteiger partial charge is 0.491 e. The van der Waals surface area contributed by atoms with Crippen molar-refractivity contribution in [2.75, 3.05) is 13.1 Å². The Labute approximate surface area is 109 Å². The van der Waals surface area contributed by atoms with Crippen LogP contribution in [-0.2, 0) is 6.54 Å². The quantitative estimate of drug-likeness (QED) is 0.889. The fraction of sp³-hybridized carbons (Fsp3) is 0.600. The molecule has 1 aliphatic heterocycles. The van der Waals surface area contributed by atoms with Crippen LogP contribution in [0.25, 0.3) is 0 Å². The van der Waals surface area contributed by atoms with Crippen molar-refractivity contribution in [3.8, 4) is 5.75 Å². The molecule has 0 atom stereocenters. The number of rotatable bonds is 4. The molecule has 1 aromatic carbocycles. The van der Waals surface area contributed by atoms with Gasteiger partial charge in [0.1, 0.15) is 5.75 Å². The number of likely N-dealkylation sites (tertiary alicyclic amines) is 1. The van der Waals surface area contributed by atoms with Crippen molar-refractivity contribution < 1.29 is 9.84 Å². The summed E-state index contributed by atoms with van der Waals surface area (Å²) in [4.78, 5) is 2.39. The third-order valence-electron chi connectivity index (χ3n) is 3.23. The lowest BCUT2D eigenvalue weighted by Gasteiger charge is -2.29. The van der Waals surface area contributed by atoms with Gasteiger partial charge in [-0.25, -0.2) is 0 Å². The highest BCUT2D eigenvalue weighted by molar-refractivity contribution is 5.28. The first-order valence-corrected chi connectivity index (χ1v) is 6.79. The summed E-state index contributed by atoms with van der Waals surface area (Å²) < 4.78 is 5.70. The van der Waals surface area contributed by atoms with Gasteiger partial charge in [-0.3, -0.25) is 4.90 Å². The molecule has 1 saturated heterocycles. The van der Waals surface area contributed by atoms with Crippen LogP contribution in [0.3, 0.4) is 0 Å². The highest BCUT2D eigenvalue weighted by atomic mass is 16.5. The smallest absolute Gasteiger partial charge is 0.120 e. The molecule has 0 amide bonds. The second-order valence-electron chi connectivity index (χ2n) is 5.32. The van der Waals surface area contributed by atoms with E-state index in [1.807, 2.05) is 26.0 Å². The minimum absolute atomic E-state index is 0.100. The molecule has 0 radical (unpaired) electrons. The van der Waals surface area contributed by atoms with E-state index in [9.17, 15) is 5.11 Å². The zero-order valence-corrected chi connectivity index (χ0v) is 11.3. The summed E-state index contributed by atoms with van der Waals surface area (Å²) in [5.41, 5.74) is 1.28. The van der Waals surface area contributed by atoms with Crippen molar-refractivity contribution >= 4 is 0 Å². The lowest BCUT2D eigenvalue weighted by molar-refractivity contribution is 0.0792. The number of nitrogens with zero attached hydrogens (tertiary/aromatic N) is 1. The van der Waals surface area contributed by atoms with Crippen LogP contribution in [0.4, 0.5) is 0 Å². The molecule has 3 nitrogen and oxygen atoms in total. The first-order chi connectivity index (χ1) is 8.63. The Morgan fingerprint density at radius 2 is 2.06 bits per heavy atom. The van der Waals surface area contributed by atoms with Crippen LogP contribution in [0.5, 0.6) is 5.75 Å². The summed E-state index contributed by atoms with van der Waals surface area (Å²) in [5.74, 6) is 0.944. The Morgan fingerprint density at radius 3 is 2.72 bits per heavy atom. The molecule has 1 fully saturated rings. The Bertz CT molecular complexity index is 371. The Balaban J connectivity index is 1.92. The third-order valence-corrected chi connectivity index (χ3v) is 3.23. The molecule has 1 heterocycles. The fourth-order valence-electron chi connectivity index (χ4n) is 2.32. The maximum Gasteiger partial charge on any atom is 0.120 e. The first-order valence-electron chi connectivity index (χ1n) is 6.79. The van der Waals surface area contributed by atoms with Gasteiger partial charge in [0, 0.05) is 19.6 Å². The molecule has 2 rings (SSSR count). The molecule has 0 aromatic heterocycles. The molecule has 18 heavy (non-hydrogen) atoms. The molecule has 0 spiro atoms. The van der Waals surface area contributed by atoms with Gasteiger partial charge in [-0.05, 0) is 44.4 Å². The zero-order valence-electron chi connectivity index (χ0n) is 11.3. The second kappa shape index (κ2) is 6.21. The van der Waals surface area contributed by atoms with E-state index >= 15 is 0 Å². The van der Waals surface area contributed by atoms with Crippen LogP contribution >= 0.6 is 0 Å². The van der Waals surface area contributed by atoms with Gasteiger partial charge in [-0.2, -0.15) is 0 Å². The second-order valence-corrected chi connectivity index (χ2v) is 5.32. The van der Waals surface area contributed by atoms with Crippen LogP contribution in [0.2, 0.25) is 0 Å². The number of aliphatic hydroxyl groups is 1. The SMILES string of the molecule is CC(C)Oc1cccc(CN2CCC(O)CC2)c1. The Kier molecular flexibility index (Phi) is 4.61. The van der Waals surface area contributed by atoms with Crippen LogP contribution in [0.15, 0.2) is 24.3 Å². The van der Waals surface area contributed by atoms with E-state index in [0.717, 1.165) is 38.2 Å². The number of hydrogen-bond donors (Lipinski definition) is 1. The van der Waals surface area contributed by atoms with Crippen molar-refractivity contribution in [3.05, 3.63) is 29.8 Å². The van der Waals surface area contributed by atoms with Crippen molar-refractivity contribution in [1.29, 1.82) is 0 Å². The van der Waals surface area contributed by atoms with Gasteiger partial charge >= 0.3 is 0 Å². The zero-order chi connectivity index (χ0) is 13.0. The van der Waals surface area contributed by atoms with Gasteiger partial charge in [-0.1, -0.05) is 12.1 Å². The molecule has 0 bridgehead atoms.